The number of aliphatic hydroxyl groups excluding tert-OH is 2. The van der Waals surface area contributed by atoms with Crippen LogP contribution < -0.4 is 0 Å². The van der Waals surface area contributed by atoms with Crippen LogP contribution in [0.5, 0.6) is 0 Å². The van der Waals surface area contributed by atoms with Crippen LogP contribution in [0, 0.1) is 0 Å². The molecule has 0 saturated heterocycles. The highest BCUT2D eigenvalue weighted by atomic mass is 16.5. The van der Waals surface area contributed by atoms with E-state index >= 15 is 0 Å². The number of carbonyl (C=O) groups is 2. The predicted molar refractivity (Wildman–Crippen MR) is 65.6 cm³/mol. The lowest BCUT2D eigenvalue weighted by atomic mass is 10.1. The van der Waals surface area contributed by atoms with Gasteiger partial charge < -0.3 is 19.7 Å². The molecular formula is C12H16N2O6. The van der Waals surface area contributed by atoms with E-state index in [1.54, 1.807) is 6.92 Å². The Balaban J connectivity index is 2.69. The van der Waals surface area contributed by atoms with Crippen molar-refractivity contribution in [1.82, 2.24) is 9.97 Å². The molecule has 0 aliphatic carbocycles. The molecule has 0 radical (unpaired) electrons. The quantitative estimate of drug-likeness (QED) is 0.678. The number of ether oxygens (including phenoxy) is 2. The Labute approximate surface area is 115 Å². The Kier molecular flexibility index (Phi) is 6.01. The first-order chi connectivity index (χ1) is 9.49. The summed E-state index contributed by atoms with van der Waals surface area (Å²) in [5.41, 5.74) is 0.175. The number of hydrogen-bond donors (Lipinski definition) is 2. The maximum absolute atomic E-state index is 11.2. The van der Waals surface area contributed by atoms with Crippen LogP contribution in [-0.4, -0.2) is 51.9 Å². The monoisotopic (exact) mass is 284 g/mol. The normalized spacial score (nSPS) is 13.4. The lowest BCUT2D eigenvalue weighted by Crippen LogP contribution is -2.23. The fraction of sp³-hybridized carbons (Fsp3) is 0.500. The molecule has 1 heterocycles. The molecule has 20 heavy (non-hydrogen) atoms. The Morgan fingerprint density at radius 2 is 1.90 bits per heavy atom. The number of nitrogens with zero attached hydrogens (tertiary/aromatic N) is 2. The third-order valence-corrected chi connectivity index (χ3v) is 2.43. The largest absolute Gasteiger partial charge is 0.466 e. The summed E-state index contributed by atoms with van der Waals surface area (Å²) in [6, 6.07) is 0. The highest BCUT2D eigenvalue weighted by Crippen LogP contribution is 2.18. The van der Waals surface area contributed by atoms with Gasteiger partial charge in [-0.25, -0.2) is 14.8 Å². The van der Waals surface area contributed by atoms with Crippen molar-refractivity contribution < 1.29 is 29.3 Å². The summed E-state index contributed by atoms with van der Waals surface area (Å²) in [5, 5.41) is 19.5. The van der Waals surface area contributed by atoms with E-state index in [9.17, 15) is 19.8 Å². The van der Waals surface area contributed by atoms with Gasteiger partial charge in [-0.1, -0.05) is 0 Å². The third-order valence-electron chi connectivity index (χ3n) is 2.43. The van der Waals surface area contributed by atoms with Crippen LogP contribution >= 0.6 is 0 Å². The summed E-state index contributed by atoms with van der Waals surface area (Å²) in [6.45, 7) is 1.83. The molecule has 0 aliphatic heterocycles. The zero-order valence-electron chi connectivity index (χ0n) is 11.1. The predicted octanol–water partition coefficient (Wildman–Crippen LogP) is -0.389. The van der Waals surface area contributed by atoms with Crippen LogP contribution in [0.2, 0.25) is 0 Å². The fourth-order valence-electron chi connectivity index (χ4n) is 1.41. The van der Waals surface area contributed by atoms with Gasteiger partial charge in [0.1, 0.15) is 6.10 Å². The Bertz CT molecular complexity index is 462. The molecule has 8 nitrogen and oxygen atoms in total. The lowest BCUT2D eigenvalue weighted by Gasteiger charge is -2.16. The highest BCUT2D eigenvalue weighted by molar-refractivity contribution is 5.84. The topological polar surface area (TPSA) is 119 Å². The number of carbonyl (C=O) groups excluding carboxylic acids is 2. The lowest BCUT2D eigenvalue weighted by molar-refractivity contribution is -0.147. The maximum Gasteiger partial charge on any atom is 0.376 e. The molecule has 2 N–H and O–H groups in total. The molecule has 1 rings (SSSR count). The summed E-state index contributed by atoms with van der Waals surface area (Å²) < 4.78 is 9.09. The molecule has 2 unspecified atom stereocenters. The van der Waals surface area contributed by atoms with Crippen molar-refractivity contribution in [3.63, 3.8) is 0 Å². The van der Waals surface area contributed by atoms with Gasteiger partial charge in [0.25, 0.3) is 0 Å². The molecule has 1 aromatic heterocycles. The summed E-state index contributed by atoms with van der Waals surface area (Å²) >= 11 is 0. The minimum Gasteiger partial charge on any atom is -0.466 e. The van der Waals surface area contributed by atoms with Crippen molar-refractivity contribution in [3.8, 4) is 0 Å². The van der Waals surface area contributed by atoms with E-state index in [4.69, 9.17) is 0 Å². The van der Waals surface area contributed by atoms with E-state index in [-0.39, 0.29) is 24.4 Å². The summed E-state index contributed by atoms with van der Waals surface area (Å²) in [7, 11) is 1.19. The SMILES string of the molecule is CCOC(=O)CC(O)C(O)c1cnc(C(=O)OC)nc1. The van der Waals surface area contributed by atoms with Gasteiger partial charge in [0.2, 0.25) is 5.82 Å². The average Bonchev–Trinajstić information content (AvgIpc) is 2.46. The molecule has 0 aromatic carbocycles. The van der Waals surface area contributed by atoms with Gasteiger partial charge in [0, 0.05) is 18.0 Å². The summed E-state index contributed by atoms with van der Waals surface area (Å²) in [6.07, 6.45) is -0.697. The van der Waals surface area contributed by atoms with E-state index in [1.165, 1.54) is 19.5 Å². The number of aromatic nitrogens is 2. The van der Waals surface area contributed by atoms with Gasteiger partial charge in [0.15, 0.2) is 0 Å². The number of rotatable bonds is 6. The van der Waals surface area contributed by atoms with Crippen molar-refractivity contribution in [2.45, 2.75) is 25.6 Å². The molecular weight excluding hydrogens is 268 g/mol. The van der Waals surface area contributed by atoms with Crippen molar-refractivity contribution in [2.24, 2.45) is 0 Å². The molecule has 0 aliphatic rings. The van der Waals surface area contributed by atoms with E-state index in [0.717, 1.165) is 0 Å². The Hall–Kier alpha value is -2.06. The Morgan fingerprint density at radius 3 is 2.40 bits per heavy atom. The highest BCUT2D eigenvalue weighted by Gasteiger charge is 2.23. The standard InChI is InChI=1S/C12H16N2O6/c1-3-20-9(16)4-8(15)10(17)7-5-13-11(14-6-7)12(18)19-2/h5-6,8,10,15,17H,3-4H2,1-2H3. The summed E-state index contributed by atoms with van der Waals surface area (Å²) in [4.78, 5) is 29.7. The van der Waals surface area contributed by atoms with Crippen LogP contribution in [0.25, 0.3) is 0 Å². The van der Waals surface area contributed by atoms with Gasteiger partial charge in [0.05, 0.1) is 26.2 Å². The molecule has 0 fully saturated rings. The van der Waals surface area contributed by atoms with E-state index in [0.29, 0.717) is 0 Å². The van der Waals surface area contributed by atoms with Gasteiger partial charge >= 0.3 is 11.9 Å². The van der Waals surface area contributed by atoms with Crippen molar-refractivity contribution in [3.05, 3.63) is 23.8 Å². The molecule has 8 heteroatoms. The number of methoxy groups -OCH3 is 1. The summed E-state index contributed by atoms with van der Waals surface area (Å²) in [5.74, 6) is -1.49. The minimum atomic E-state index is -1.36. The van der Waals surface area contributed by atoms with E-state index < -0.39 is 24.1 Å². The van der Waals surface area contributed by atoms with Crippen LogP contribution in [0.3, 0.4) is 0 Å². The maximum atomic E-state index is 11.2. The molecule has 0 amide bonds. The molecule has 1 aromatic rings. The van der Waals surface area contributed by atoms with Crippen molar-refractivity contribution in [1.29, 1.82) is 0 Å². The molecule has 2 atom stereocenters. The van der Waals surface area contributed by atoms with Crippen molar-refractivity contribution >= 4 is 11.9 Å². The van der Waals surface area contributed by atoms with Crippen molar-refractivity contribution in [2.75, 3.05) is 13.7 Å². The number of esters is 2. The second kappa shape index (κ2) is 7.51. The average molecular weight is 284 g/mol. The molecule has 110 valence electrons. The van der Waals surface area contributed by atoms with Gasteiger partial charge in [-0.05, 0) is 6.92 Å². The second-order valence-electron chi connectivity index (χ2n) is 3.85. The van der Waals surface area contributed by atoms with Crippen LogP contribution in [-0.2, 0) is 14.3 Å². The zero-order valence-corrected chi connectivity index (χ0v) is 11.1. The van der Waals surface area contributed by atoms with Crippen LogP contribution in [0.1, 0.15) is 35.6 Å². The molecule has 0 saturated carbocycles. The zero-order chi connectivity index (χ0) is 15.1. The third kappa shape index (κ3) is 4.25. The van der Waals surface area contributed by atoms with Gasteiger partial charge in [-0.15, -0.1) is 0 Å². The molecule has 0 spiro atoms. The second-order valence-corrected chi connectivity index (χ2v) is 3.85. The van der Waals surface area contributed by atoms with Gasteiger partial charge in [-0.2, -0.15) is 0 Å². The smallest absolute Gasteiger partial charge is 0.376 e. The Morgan fingerprint density at radius 1 is 1.30 bits per heavy atom. The van der Waals surface area contributed by atoms with Crippen LogP contribution in [0.4, 0.5) is 0 Å². The van der Waals surface area contributed by atoms with Gasteiger partial charge in [-0.3, -0.25) is 4.79 Å². The van der Waals surface area contributed by atoms with E-state index in [1.807, 2.05) is 0 Å². The first kappa shape index (κ1) is 16.0. The number of hydrogen-bond acceptors (Lipinski definition) is 8. The first-order valence-corrected chi connectivity index (χ1v) is 5.91. The first-order valence-electron chi connectivity index (χ1n) is 5.91. The number of aliphatic hydroxyl groups is 2. The minimum absolute atomic E-state index is 0.164. The van der Waals surface area contributed by atoms with E-state index in [2.05, 4.69) is 19.4 Å². The molecule has 0 bridgehead atoms. The van der Waals surface area contributed by atoms with Crippen LogP contribution in [0.15, 0.2) is 12.4 Å². The fourth-order valence-corrected chi connectivity index (χ4v) is 1.41.